The number of thiophene rings is 1. The van der Waals surface area contributed by atoms with E-state index in [2.05, 4.69) is 65.4 Å². The van der Waals surface area contributed by atoms with Crippen LogP contribution in [0.2, 0.25) is 0 Å². The minimum atomic E-state index is 0.178. The van der Waals surface area contributed by atoms with Crippen LogP contribution in [0.5, 0.6) is 5.75 Å². The van der Waals surface area contributed by atoms with Crippen molar-refractivity contribution in [1.29, 1.82) is 0 Å². The molecule has 2 aromatic rings. The van der Waals surface area contributed by atoms with Crippen molar-refractivity contribution in [2.24, 2.45) is 0 Å². The van der Waals surface area contributed by atoms with E-state index in [1.807, 2.05) is 6.92 Å². The third-order valence-electron chi connectivity index (χ3n) is 3.06. The van der Waals surface area contributed by atoms with Gasteiger partial charge >= 0.3 is 0 Å². The zero-order valence-electron chi connectivity index (χ0n) is 12.1. The lowest BCUT2D eigenvalue weighted by atomic mass is 10.0. The lowest BCUT2D eigenvalue weighted by Gasteiger charge is -2.21. The highest BCUT2D eigenvalue weighted by Gasteiger charge is 2.19. The normalized spacial score (nSPS) is 12.4. The summed E-state index contributed by atoms with van der Waals surface area (Å²) in [4.78, 5) is 1.30. The molecule has 0 bridgehead atoms. The molecule has 0 aliphatic carbocycles. The summed E-state index contributed by atoms with van der Waals surface area (Å²) in [5.41, 5.74) is 2.46. The maximum atomic E-state index is 5.80. The minimum absolute atomic E-state index is 0.178. The van der Waals surface area contributed by atoms with Crippen molar-refractivity contribution < 1.29 is 4.74 Å². The van der Waals surface area contributed by atoms with Gasteiger partial charge in [0.1, 0.15) is 5.75 Å². The molecular weight excluding hydrogens is 334 g/mol. The van der Waals surface area contributed by atoms with Crippen molar-refractivity contribution in [1.82, 2.24) is 5.32 Å². The molecule has 108 valence electrons. The first-order valence-electron chi connectivity index (χ1n) is 6.87. The second-order valence-electron chi connectivity index (χ2n) is 4.61. The van der Waals surface area contributed by atoms with Crippen molar-refractivity contribution in [3.63, 3.8) is 0 Å². The van der Waals surface area contributed by atoms with Gasteiger partial charge in [0.2, 0.25) is 0 Å². The van der Waals surface area contributed by atoms with E-state index in [0.29, 0.717) is 6.61 Å². The van der Waals surface area contributed by atoms with E-state index >= 15 is 0 Å². The van der Waals surface area contributed by atoms with Crippen LogP contribution in [0.1, 0.15) is 35.9 Å². The van der Waals surface area contributed by atoms with Crippen LogP contribution in [0.15, 0.2) is 34.1 Å². The number of rotatable bonds is 6. The van der Waals surface area contributed by atoms with E-state index in [4.69, 9.17) is 4.74 Å². The second kappa shape index (κ2) is 7.25. The number of benzene rings is 1. The summed E-state index contributed by atoms with van der Waals surface area (Å²) in [7, 11) is 0. The molecule has 0 fully saturated rings. The van der Waals surface area contributed by atoms with Crippen molar-refractivity contribution in [2.45, 2.75) is 26.8 Å². The van der Waals surface area contributed by atoms with Crippen molar-refractivity contribution in [3.05, 3.63) is 50.1 Å². The highest BCUT2D eigenvalue weighted by molar-refractivity contribution is 9.11. The van der Waals surface area contributed by atoms with Crippen LogP contribution in [0.4, 0.5) is 0 Å². The van der Waals surface area contributed by atoms with E-state index in [9.17, 15) is 0 Å². The maximum Gasteiger partial charge on any atom is 0.124 e. The quantitative estimate of drug-likeness (QED) is 0.795. The highest BCUT2D eigenvalue weighted by Crippen LogP contribution is 2.35. The van der Waals surface area contributed by atoms with Crippen molar-refractivity contribution >= 4 is 27.3 Å². The van der Waals surface area contributed by atoms with Gasteiger partial charge in [-0.15, -0.1) is 11.3 Å². The SMILES string of the molecule is CCNC(c1ccc(Br)s1)c1cc(C)ccc1OCC. The van der Waals surface area contributed by atoms with E-state index in [1.54, 1.807) is 11.3 Å². The van der Waals surface area contributed by atoms with E-state index < -0.39 is 0 Å². The van der Waals surface area contributed by atoms with Gasteiger partial charge in [-0.1, -0.05) is 24.6 Å². The molecule has 4 heteroatoms. The number of aryl methyl sites for hydroxylation is 1. The van der Waals surface area contributed by atoms with Crippen LogP contribution < -0.4 is 10.1 Å². The number of nitrogens with one attached hydrogen (secondary N) is 1. The van der Waals surface area contributed by atoms with Crippen LogP contribution in [0, 0.1) is 6.92 Å². The van der Waals surface area contributed by atoms with Gasteiger partial charge in [0, 0.05) is 10.4 Å². The first kappa shape index (κ1) is 15.5. The van der Waals surface area contributed by atoms with E-state index in [1.165, 1.54) is 16.0 Å². The summed E-state index contributed by atoms with van der Waals surface area (Å²) in [6, 6.07) is 10.8. The Labute approximate surface area is 133 Å². The molecule has 0 radical (unpaired) electrons. The van der Waals surface area contributed by atoms with E-state index in [-0.39, 0.29) is 6.04 Å². The third-order valence-corrected chi connectivity index (χ3v) is 4.75. The number of ether oxygens (including phenoxy) is 1. The molecule has 20 heavy (non-hydrogen) atoms. The highest BCUT2D eigenvalue weighted by atomic mass is 79.9. The Morgan fingerprint density at radius 1 is 1.25 bits per heavy atom. The van der Waals surface area contributed by atoms with Crippen LogP contribution in [-0.4, -0.2) is 13.2 Å². The van der Waals surface area contributed by atoms with Crippen LogP contribution in [0.3, 0.4) is 0 Å². The van der Waals surface area contributed by atoms with Gasteiger partial charge in [-0.25, -0.2) is 0 Å². The zero-order valence-corrected chi connectivity index (χ0v) is 14.5. The smallest absolute Gasteiger partial charge is 0.124 e. The molecule has 1 aromatic carbocycles. The standard InChI is InChI=1S/C16H20BrNOS/c1-4-18-16(14-8-9-15(17)20-14)12-10-11(3)6-7-13(12)19-5-2/h6-10,16,18H,4-5H2,1-3H3. The molecule has 0 aliphatic rings. The molecule has 2 nitrogen and oxygen atoms in total. The van der Waals surface area contributed by atoms with Crippen LogP contribution in [0.25, 0.3) is 0 Å². The Morgan fingerprint density at radius 2 is 2.05 bits per heavy atom. The van der Waals surface area contributed by atoms with Crippen molar-refractivity contribution in [3.8, 4) is 5.75 Å². The fraction of sp³-hybridized carbons (Fsp3) is 0.375. The molecule has 0 saturated carbocycles. The lowest BCUT2D eigenvalue weighted by Crippen LogP contribution is -2.22. The molecular formula is C16H20BrNOS. The van der Waals surface area contributed by atoms with Gasteiger partial charge in [-0.05, 0) is 54.5 Å². The largest absolute Gasteiger partial charge is 0.494 e. The summed E-state index contributed by atoms with van der Waals surface area (Å²) >= 11 is 5.31. The summed E-state index contributed by atoms with van der Waals surface area (Å²) in [6.45, 7) is 7.87. The van der Waals surface area contributed by atoms with Gasteiger partial charge in [-0.3, -0.25) is 0 Å². The molecule has 0 spiro atoms. The molecule has 1 unspecified atom stereocenters. The zero-order chi connectivity index (χ0) is 14.5. The van der Waals surface area contributed by atoms with Gasteiger partial charge in [0.05, 0.1) is 16.4 Å². The van der Waals surface area contributed by atoms with Crippen molar-refractivity contribution in [2.75, 3.05) is 13.2 Å². The van der Waals surface area contributed by atoms with Crippen LogP contribution >= 0.6 is 27.3 Å². The summed E-state index contributed by atoms with van der Waals surface area (Å²) in [5.74, 6) is 0.966. The molecule has 0 saturated heterocycles. The Hall–Kier alpha value is -0.840. The molecule has 1 aromatic heterocycles. The number of hydrogen-bond donors (Lipinski definition) is 1. The van der Waals surface area contributed by atoms with Gasteiger partial charge in [-0.2, -0.15) is 0 Å². The van der Waals surface area contributed by atoms with Gasteiger partial charge < -0.3 is 10.1 Å². The molecule has 0 amide bonds. The van der Waals surface area contributed by atoms with Gasteiger partial charge in [0.15, 0.2) is 0 Å². The fourth-order valence-electron chi connectivity index (χ4n) is 2.23. The molecule has 0 aliphatic heterocycles. The predicted octanol–water partition coefficient (Wildman–Crippen LogP) is 4.92. The predicted molar refractivity (Wildman–Crippen MR) is 89.9 cm³/mol. The second-order valence-corrected chi connectivity index (χ2v) is 7.10. The molecule has 1 N–H and O–H groups in total. The fourth-order valence-corrected chi connectivity index (χ4v) is 3.75. The van der Waals surface area contributed by atoms with Crippen LogP contribution in [-0.2, 0) is 0 Å². The summed E-state index contributed by atoms with van der Waals surface area (Å²) < 4.78 is 6.95. The molecule has 1 heterocycles. The molecule has 1 atom stereocenters. The average Bonchev–Trinajstić information content (AvgIpc) is 2.85. The number of halogens is 1. The third kappa shape index (κ3) is 3.62. The monoisotopic (exact) mass is 353 g/mol. The number of hydrogen-bond acceptors (Lipinski definition) is 3. The van der Waals surface area contributed by atoms with Gasteiger partial charge in [0.25, 0.3) is 0 Å². The minimum Gasteiger partial charge on any atom is -0.494 e. The first-order chi connectivity index (χ1) is 9.65. The first-order valence-corrected chi connectivity index (χ1v) is 8.48. The lowest BCUT2D eigenvalue weighted by molar-refractivity contribution is 0.333. The van der Waals surface area contributed by atoms with E-state index in [0.717, 1.165) is 16.1 Å². The Morgan fingerprint density at radius 3 is 2.65 bits per heavy atom. The Kier molecular flexibility index (Phi) is 5.64. The Balaban J connectivity index is 2.45. The topological polar surface area (TPSA) is 21.3 Å². The maximum absolute atomic E-state index is 5.80. The summed E-state index contributed by atoms with van der Waals surface area (Å²) in [5, 5.41) is 3.56. The molecule has 2 rings (SSSR count). The Bertz CT molecular complexity index is 567. The summed E-state index contributed by atoms with van der Waals surface area (Å²) in [6.07, 6.45) is 0. The average molecular weight is 354 g/mol.